The lowest BCUT2D eigenvalue weighted by molar-refractivity contribution is 0.218. The largest absolute Gasteiger partial charge is 0.488 e. The second-order valence-corrected chi connectivity index (χ2v) is 5.86. The Hall–Kier alpha value is -2.21. The summed E-state index contributed by atoms with van der Waals surface area (Å²) in [7, 11) is 0. The maximum absolute atomic E-state index is 13.5. The Balaban J connectivity index is 1.96. The van der Waals surface area contributed by atoms with Gasteiger partial charge >= 0.3 is 0 Å². The Morgan fingerprint density at radius 3 is 3.00 bits per heavy atom. The molecule has 6 heteroatoms. The number of rotatable bonds is 5. The van der Waals surface area contributed by atoms with Gasteiger partial charge in [0.1, 0.15) is 28.5 Å². The third-order valence-electron chi connectivity index (χ3n) is 3.36. The minimum absolute atomic E-state index is 0.00826. The monoisotopic (exact) mass is 317 g/mol. The summed E-state index contributed by atoms with van der Waals surface area (Å²) < 4.78 is 19.3. The quantitative estimate of drug-likeness (QED) is 0.737. The molecule has 1 atom stereocenters. The van der Waals surface area contributed by atoms with E-state index >= 15 is 0 Å². The summed E-state index contributed by atoms with van der Waals surface area (Å²) >= 11 is 1.55. The number of hydrogen-bond donors (Lipinski definition) is 1. The van der Waals surface area contributed by atoms with Crippen LogP contribution >= 0.6 is 11.3 Å². The van der Waals surface area contributed by atoms with Gasteiger partial charge in [0.2, 0.25) is 0 Å². The molecule has 0 saturated heterocycles. The molecule has 0 aliphatic heterocycles. The van der Waals surface area contributed by atoms with Gasteiger partial charge < -0.3 is 10.1 Å². The van der Waals surface area contributed by atoms with Crippen molar-refractivity contribution in [1.82, 2.24) is 9.97 Å². The molecule has 3 aromatic rings. The molecule has 4 nitrogen and oxygen atoms in total. The first kappa shape index (κ1) is 14.7. The van der Waals surface area contributed by atoms with E-state index in [9.17, 15) is 4.39 Å². The van der Waals surface area contributed by atoms with Crippen molar-refractivity contribution in [2.75, 3.05) is 5.32 Å². The highest BCUT2D eigenvalue weighted by atomic mass is 32.1. The molecule has 0 unspecified atom stereocenters. The van der Waals surface area contributed by atoms with Crippen LogP contribution in [0.15, 0.2) is 36.0 Å². The van der Waals surface area contributed by atoms with Gasteiger partial charge in [0.25, 0.3) is 0 Å². The molecule has 0 saturated carbocycles. The molecule has 1 aromatic carbocycles. The van der Waals surface area contributed by atoms with Crippen LogP contribution in [0.4, 0.5) is 15.9 Å². The normalized spacial score (nSPS) is 12.3. The predicted molar refractivity (Wildman–Crippen MR) is 87.5 cm³/mol. The van der Waals surface area contributed by atoms with Crippen LogP contribution in [0.2, 0.25) is 0 Å². The SMILES string of the molecule is CC[C@H](C)Oc1cc(F)ccc1Nc1ncnc2sccc12. The molecule has 0 radical (unpaired) electrons. The van der Waals surface area contributed by atoms with E-state index in [1.165, 1.54) is 18.5 Å². The number of anilines is 2. The van der Waals surface area contributed by atoms with Crippen LogP contribution in [0.1, 0.15) is 20.3 Å². The van der Waals surface area contributed by atoms with E-state index in [2.05, 4.69) is 15.3 Å². The van der Waals surface area contributed by atoms with E-state index in [1.54, 1.807) is 17.4 Å². The van der Waals surface area contributed by atoms with E-state index in [0.29, 0.717) is 17.3 Å². The highest BCUT2D eigenvalue weighted by Gasteiger charge is 2.12. The van der Waals surface area contributed by atoms with Crippen LogP contribution in [0, 0.1) is 5.82 Å². The van der Waals surface area contributed by atoms with Gasteiger partial charge in [-0.2, -0.15) is 0 Å². The minimum atomic E-state index is -0.327. The van der Waals surface area contributed by atoms with Crippen molar-refractivity contribution >= 4 is 33.1 Å². The maximum atomic E-state index is 13.5. The van der Waals surface area contributed by atoms with E-state index in [4.69, 9.17) is 4.74 Å². The third-order valence-corrected chi connectivity index (χ3v) is 4.18. The van der Waals surface area contributed by atoms with Gasteiger partial charge in [0.15, 0.2) is 0 Å². The molecule has 0 aliphatic carbocycles. The van der Waals surface area contributed by atoms with E-state index in [0.717, 1.165) is 16.6 Å². The molecule has 1 N–H and O–H groups in total. The van der Waals surface area contributed by atoms with Crippen molar-refractivity contribution in [2.24, 2.45) is 0 Å². The maximum Gasteiger partial charge on any atom is 0.146 e. The van der Waals surface area contributed by atoms with Crippen LogP contribution in [0.5, 0.6) is 5.75 Å². The standard InChI is InChI=1S/C16H16FN3OS/c1-3-10(2)21-14-8-11(17)4-5-13(14)20-15-12-6-7-22-16(12)19-9-18-15/h4-10H,3H2,1-2H3,(H,18,19,20)/t10-/m0/s1. The van der Waals surface area contributed by atoms with Crippen LogP contribution in [-0.2, 0) is 0 Å². The van der Waals surface area contributed by atoms with Crippen molar-refractivity contribution in [3.8, 4) is 5.75 Å². The van der Waals surface area contributed by atoms with Gasteiger partial charge in [0.05, 0.1) is 17.2 Å². The molecule has 114 valence electrons. The molecule has 0 amide bonds. The molecule has 0 spiro atoms. The molecule has 3 rings (SSSR count). The second-order valence-electron chi connectivity index (χ2n) is 4.96. The summed E-state index contributed by atoms with van der Waals surface area (Å²) in [5.41, 5.74) is 0.688. The lowest BCUT2D eigenvalue weighted by Crippen LogP contribution is -2.11. The molecule has 2 heterocycles. The van der Waals surface area contributed by atoms with Crippen LogP contribution < -0.4 is 10.1 Å². The van der Waals surface area contributed by atoms with Crippen LogP contribution in [0.3, 0.4) is 0 Å². The minimum Gasteiger partial charge on any atom is -0.488 e. The molecule has 22 heavy (non-hydrogen) atoms. The number of nitrogens with zero attached hydrogens (tertiary/aromatic N) is 2. The number of thiophene rings is 1. The first-order valence-corrected chi connectivity index (χ1v) is 7.96. The molecule has 0 bridgehead atoms. The number of hydrogen-bond acceptors (Lipinski definition) is 5. The number of nitrogens with one attached hydrogen (secondary N) is 1. The highest BCUT2D eigenvalue weighted by molar-refractivity contribution is 7.16. The fourth-order valence-corrected chi connectivity index (χ4v) is 2.75. The zero-order valence-corrected chi connectivity index (χ0v) is 13.2. The Morgan fingerprint density at radius 2 is 2.18 bits per heavy atom. The fraction of sp³-hybridized carbons (Fsp3) is 0.250. The summed E-state index contributed by atoms with van der Waals surface area (Å²) in [6.07, 6.45) is 2.37. The van der Waals surface area contributed by atoms with Gasteiger partial charge in [-0.3, -0.25) is 0 Å². The van der Waals surface area contributed by atoms with Crippen LogP contribution in [-0.4, -0.2) is 16.1 Å². The number of aromatic nitrogens is 2. The third kappa shape index (κ3) is 3.01. The van der Waals surface area contributed by atoms with Gasteiger partial charge in [-0.1, -0.05) is 6.92 Å². The average Bonchev–Trinajstić information content (AvgIpc) is 2.99. The first-order chi connectivity index (χ1) is 10.7. The van der Waals surface area contributed by atoms with E-state index < -0.39 is 0 Å². The van der Waals surface area contributed by atoms with Crippen molar-refractivity contribution < 1.29 is 9.13 Å². The lowest BCUT2D eigenvalue weighted by Gasteiger charge is -2.17. The molecule has 0 fully saturated rings. The van der Waals surface area contributed by atoms with E-state index in [1.807, 2.05) is 25.3 Å². The predicted octanol–water partition coefficient (Wildman–Crippen LogP) is 4.75. The van der Waals surface area contributed by atoms with Crippen LogP contribution in [0.25, 0.3) is 10.2 Å². The zero-order valence-electron chi connectivity index (χ0n) is 12.3. The van der Waals surface area contributed by atoms with Crippen molar-refractivity contribution in [2.45, 2.75) is 26.4 Å². The zero-order chi connectivity index (χ0) is 15.5. The highest BCUT2D eigenvalue weighted by Crippen LogP contribution is 2.32. The first-order valence-electron chi connectivity index (χ1n) is 7.08. The molecule has 2 aromatic heterocycles. The summed E-state index contributed by atoms with van der Waals surface area (Å²) in [6.45, 7) is 3.98. The van der Waals surface area contributed by atoms with Gasteiger partial charge in [-0.25, -0.2) is 14.4 Å². The molecular formula is C16H16FN3OS. The molecular weight excluding hydrogens is 301 g/mol. The van der Waals surface area contributed by atoms with Gasteiger partial charge in [-0.15, -0.1) is 11.3 Å². The van der Waals surface area contributed by atoms with Crippen molar-refractivity contribution in [3.05, 3.63) is 41.8 Å². The van der Waals surface area contributed by atoms with Gasteiger partial charge in [0, 0.05) is 6.07 Å². The average molecular weight is 317 g/mol. The topological polar surface area (TPSA) is 47.0 Å². The Kier molecular flexibility index (Phi) is 4.20. The number of ether oxygens (including phenoxy) is 1. The Bertz CT molecular complexity index is 790. The Morgan fingerprint density at radius 1 is 1.32 bits per heavy atom. The van der Waals surface area contributed by atoms with Crippen molar-refractivity contribution in [1.29, 1.82) is 0 Å². The summed E-state index contributed by atoms with van der Waals surface area (Å²) in [5.74, 6) is 0.843. The summed E-state index contributed by atoms with van der Waals surface area (Å²) in [6, 6.07) is 6.41. The number of benzene rings is 1. The second kappa shape index (κ2) is 6.27. The lowest BCUT2D eigenvalue weighted by atomic mass is 10.2. The number of halogens is 1. The fourth-order valence-electron chi connectivity index (χ4n) is 2.01. The van der Waals surface area contributed by atoms with Gasteiger partial charge in [-0.05, 0) is 36.9 Å². The summed E-state index contributed by atoms with van der Waals surface area (Å²) in [5, 5.41) is 6.12. The smallest absolute Gasteiger partial charge is 0.146 e. The summed E-state index contributed by atoms with van der Waals surface area (Å²) in [4.78, 5) is 9.40. The molecule has 0 aliphatic rings. The van der Waals surface area contributed by atoms with E-state index in [-0.39, 0.29) is 11.9 Å². The van der Waals surface area contributed by atoms with Crippen molar-refractivity contribution in [3.63, 3.8) is 0 Å². The Labute approximate surface area is 132 Å². The number of fused-ring (bicyclic) bond motifs is 1.